The van der Waals surface area contributed by atoms with Crippen molar-refractivity contribution in [2.45, 2.75) is 19.4 Å². The Kier molecular flexibility index (Phi) is 5.11. The summed E-state index contributed by atoms with van der Waals surface area (Å²) in [7, 11) is -3.28. The van der Waals surface area contributed by atoms with Crippen molar-refractivity contribution in [1.82, 2.24) is 5.43 Å². The number of rotatable bonds is 3. The summed E-state index contributed by atoms with van der Waals surface area (Å²) in [6, 6.07) is 13.2. The Bertz CT molecular complexity index is 1100. The summed E-state index contributed by atoms with van der Waals surface area (Å²) in [5.41, 5.74) is 7.36. The van der Waals surface area contributed by atoms with Crippen LogP contribution in [0.2, 0.25) is 5.02 Å². The van der Waals surface area contributed by atoms with Crippen LogP contribution < -0.4 is 9.73 Å². The van der Waals surface area contributed by atoms with Crippen LogP contribution in [0.4, 0.5) is 11.4 Å². The molecule has 0 saturated heterocycles. The maximum atomic E-state index is 12.1. The molecule has 0 bridgehead atoms. The van der Waals surface area contributed by atoms with Crippen molar-refractivity contribution in [3.63, 3.8) is 0 Å². The predicted molar refractivity (Wildman–Crippen MR) is 118 cm³/mol. The highest BCUT2D eigenvalue weighted by atomic mass is 35.5. The summed E-state index contributed by atoms with van der Waals surface area (Å²) in [4.78, 5) is 4.51. The molecule has 0 fully saturated rings. The fraction of sp³-hybridized carbons (Fsp3) is 0.263. The van der Waals surface area contributed by atoms with Gasteiger partial charge >= 0.3 is 0 Å². The van der Waals surface area contributed by atoms with Gasteiger partial charge in [-0.1, -0.05) is 41.6 Å². The Balaban J connectivity index is 1.57. The van der Waals surface area contributed by atoms with Crippen LogP contribution in [0, 0.1) is 0 Å². The molecule has 6 nitrogen and oxygen atoms in total. The van der Waals surface area contributed by atoms with Crippen LogP contribution in [0.1, 0.15) is 18.1 Å². The minimum atomic E-state index is -3.28. The molecule has 0 aromatic heterocycles. The van der Waals surface area contributed by atoms with Gasteiger partial charge in [0, 0.05) is 11.8 Å². The smallest absolute Gasteiger partial charge is 0.232 e. The lowest BCUT2D eigenvalue weighted by molar-refractivity contribution is 0.590. The standard InChI is InChI=1S/C19H19ClN4O2S2/c1-12-9-14-10-13(7-8-18(14)24(12)28(2,25)26)17-11-27-19(23-22-17)21-16-6-4-3-5-15(16)20/h3-8,10,12H,9,11H2,1-2H3,(H,21,23)/t12-/m1/s1. The van der Waals surface area contributed by atoms with Gasteiger partial charge in [-0.05, 0) is 48.7 Å². The number of hydrogen-bond donors (Lipinski definition) is 1. The molecule has 2 heterocycles. The lowest BCUT2D eigenvalue weighted by Crippen LogP contribution is -2.34. The number of amidine groups is 1. The molecule has 0 radical (unpaired) electrons. The van der Waals surface area contributed by atoms with E-state index in [2.05, 4.69) is 15.5 Å². The number of hydrazone groups is 1. The molecular formula is C19H19ClN4O2S2. The van der Waals surface area contributed by atoms with E-state index in [4.69, 9.17) is 11.6 Å². The zero-order valence-corrected chi connectivity index (χ0v) is 17.8. The van der Waals surface area contributed by atoms with Crippen LogP contribution in [0.25, 0.3) is 0 Å². The average molecular weight is 435 g/mol. The highest BCUT2D eigenvalue weighted by Gasteiger charge is 2.32. The monoisotopic (exact) mass is 434 g/mol. The maximum Gasteiger partial charge on any atom is 0.232 e. The average Bonchev–Trinajstić information content (AvgIpc) is 2.99. The molecule has 2 aliphatic heterocycles. The molecule has 146 valence electrons. The minimum absolute atomic E-state index is 0.0737. The topological polar surface area (TPSA) is 74.1 Å². The zero-order valence-electron chi connectivity index (χ0n) is 15.4. The van der Waals surface area contributed by atoms with E-state index >= 15 is 0 Å². The van der Waals surface area contributed by atoms with Crippen LogP contribution in [-0.4, -0.2) is 37.3 Å². The van der Waals surface area contributed by atoms with Gasteiger partial charge in [-0.25, -0.2) is 13.4 Å². The number of benzene rings is 2. The van der Waals surface area contributed by atoms with Crippen molar-refractivity contribution in [2.75, 3.05) is 16.3 Å². The molecule has 0 amide bonds. The number of anilines is 1. The molecule has 2 aromatic rings. The van der Waals surface area contributed by atoms with Crippen molar-refractivity contribution < 1.29 is 8.42 Å². The normalized spacial score (nSPS) is 20.7. The number of nitrogens with zero attached hydrogens (tertiary/aromatic N) is 3. The Morgan fingerprint density at radius 3 is 2.75 bits per heavy atom. The summed E-state index contributed by atoms with van der Waals surface area (Å²) in [6.07, 6.45) is 1.95. The van der Waals surface area contributed by atoms with Crippen molar-refractivity contribution in [2.24, 2.45) is 10.1 Å². The van der Waals surface area contributed by atoms with E-state index in [0.717, 1.165) is 22.5 Å². The van der Waals surface area contributed by atoms with Gasteiger partial charge in [-0.2, -0.15) is 5.10 Å². The number of hydrogen-bond acceptors (Lipinski definition) is 5. The number of sulfonamides is 1. The van der Waals surface area contributed by atoms with E-state index in [1.807, 2.05) is 43.3 Å². The Morgan fingerprint density at radius 2 is 2.07 bits per heavy atom. The first-order valence-corrected chi connectivity index (χ1v) is 12.0. The van der Waals surface area contributed by atoms with Crippen LogP contribution in [0.5, 0.6) is 0 Å². The fourth-order valence-electron chi connectivity index (χ4n) is 3.46. The summed E-state index contributed by atoms with van der Waals surface area (Å²) in [5.74, 6) is 0.667. The second-order valence-corrected chi connectivity index (χ2v) is 10.0. The van der Waals surface area contributed by atoms with Gasteiger partial charge in [0.25, 0.3) is 0 Å². The largest absolute Gasteiger partial charge is 0.267 e. The molecule has 28 heavy (non-hydrogen) atoms. The first-order chi connectivity index (χ1) is 13.3. The molecule has 0 aliphatic carbocycles. The van der Waals surface area contributed by atoms with Gasteiger partial charge in [0.05, 0.1) is 28.4 Å². The Labute approximate surface area is 173 Å². The zero-order chi connectivity index (χ0) is 19.9. The van der Waals surface area contributed by atoms with Crippen molar-refractivity contribution in [3.8, 4) is 0 Å². The quantitative estimate of drug-likeness (QED) is 0.797. The van der Waals surface area contributed by atoms with Gasteiger partial charge in [0.1, 0.15) is 0 Å². The molecule has 4 rings (SSSR count). The maximum absolute atomic E-state index is 12.1. The third kappa shape index (κ3) is 3.76. The van der Waals surface area contributed by atoms with Crippen molar-refractivity contribution >= 4 is 55.6 Å². The molecule has 9 heteroatoms. The second-order valence-electron chi connectivity index (χ2n) is 6.78. The number of aliphatic imine (C=N–C) groups is 1. The van der Waals surface area contributed by atoms with E-state index in [1.54, 1.807) is 17.8 Å². The predicted octanol–water partition coefficient (Wildman–Crippen LogP) is 3.78. The van der Waals surface area contributed by atoms with Gasteiger partial charge in [0.15, 0.2) is 5.17 Å². The van der Waals surface area contributed by atoms with E-state index in [1.165, 1.54) is 10.6 Å². The molecule has 0 spiro atoms. The lowest BCUT2D eigenvalue weighted by Gasteiger charge is -2.22. The Morgan fingerprint density at radius 1 is 1.29 bits per heavy atom. The van der Waals surface area contributed by atoms with Crippen LogP contribution in [-0.2, 0) is 16.4 Å². The Hall–Kier alpha value is -2.03. The SMILES string of the molecule is C[C@@H]1Cc2cc(C3=NNC(=Nc4ccccc4Cl)SC3)ccc2N1S(C)(=O)=O. The highest BCUT2D eigenvalue weighted by Crippen LogP contribution is 2.35. The van der Waals surface area contributed by atoms with Gasteiger partial charge in [-0.15, -0.1) is 0 Å². The third-order valence-electron chi connectivity index (χ3n) is 4.63. The molecule has 2 aliphatic rings. The van der Waals surface area contributed by atoms with Gasteiger partial charge in [-0.3, -0.25) is 9.73 Å². The molecule has 1 N–H and O–H groups in total. The van der Waals surface area contributed by atoms with Crippen LogP contribution in [0.3, 0.4) is 0 Å². The summed E-state index contributed by atoms with van der Waals surface area (Å²) in [6.45, 7) is 1.92. The van der Waals surface area contributed by atoms with Gasteiger partial charge in [0.2, 0.25) is 10.0 Å². The van der Waals surface area contributed by atoms with E-state index in [-0.39, 0.29) is 6.04 Å². The summed E-state index contributed by atoms with van der Waals surface area (Å²) < 4.78 is 25.6. The fourth-order valence-corrected chi connectivity index (χ4v) is 5.68. The number of para-hydroxylation sites is 1. The van der Waals surface area contributed by atoms with Crippen molar-refractivity contribution in [3.05, 3.63) is 58.6 Å². The van der Waals surface area contributed by atoms with E-state index < -0.39 is 10.0 Å². The number of halogens is 1. The lowest BCUT2D eigenvalue weighted by atomic mass is 10.0. The van der Waals surface area contributed by atoms with Gasteiger partial charge < -0.3 is 0 Å². The minimum Gasteiger partial charge on any atom is -0.267 e. The molecule has 0 unspecified atom stereocenters. The first kappa shape index (κ1) is 19.3. The molecular weight excluding hydrogens is 416 g/mol. The summed E-state index contributed by atoms with van der Waals surface area (Å²) >= 11 is 7.70. The van der Waals surface area contributed by atoms with Crippen LogP contribution in [0.15, 0.2) is 52.6 Å². The van der Waals surface area contributed by atoms with E-state index in [0.29, 0.717) is 28.1 Å². The van der Waals surface area contributed by atoms with Crippen molar-refractivity contribution in [1.29, 1.82) is 0 Å². The van der Waals surface area contributed by atoms with E-state index in [9.17, 15) is 8.42 Å². The molecule has 2 aromatic carbocycles. The molecule has 0 saturated carbocycles. The number of nitrogens with one attached hydrogen (secondary N) is 1. The first-order valence-electron chi connectivity index (χ1n) is 8.74. The number of fused-ring (bicyclic) bond motifs is 1. The molecule has 1 atom stereocenters. The van der Waals surface area contributed by atoms with Crippen LogP contribution >= 0.6 is 23.4 Å². The summed E-state index contributed by atoms with van der Waals surface area (Å²) in [5, 5.41) is 5.74. The number of thioether (sulfide) groups is 1. The second kappa shape index (κ2) is 7.42. The third-order valence-corrected chi connectivity index (χ3v) is 7.09. The highest BCUT2D eigenvalue weighted by molar-refractivity contribution is 8.14.